The molecule has 0 unspecified atom stereocenters. The van der Waals surface area contributed by atoms with Crippen LogP contribution in [0.4, 0.5) is 14.5 Å². The van der Waals surface area contributed by atoms with E-state index in [0.29, 0.717) is 17.0 Å². The minimum absolute atomic E-state index is 0.384. The fourth-order valence-electron chi connectivity index (χ4n) is 1.09. The number of halogens is 2. The molecule has 5 heteroatoms. The van der Waals surface area contributed by atoms with Gasteiger partial charge < -0.3 is 10.1 Å². The van der Waals surface area contributed by atoms with Crippen LogP contribution in [0.1, 0.15) is 5.56 Å². The summed E-state index contributed by atoms with van der Waals surface area (Å²) in [6, 6.07) is 6.51. The lowest BCUT2D eigenvalue weighted by atomic mass is 10.2. The number of methoxy groups -OCH3 is 1. The number of ether oxygens (including phenoxy) is 1. The third kappa shape index (κ3) is 3.09. The van der Waals surface area contributed by atoms with Crippen LogP contribution in [0.5, 0.6) is 5.75 Å². The van der Waals surface area contributed by atoms with E-state index in [0.717, 1.165) is 0 Å². The summed E-state index contributed by atoms with van der Waals surface area (Å²) in [6.07, 6.45) is -2.43. The maximum Gasteiger partial charge on any atom is 0.255 e. The van der Waals surface area contributed by atoms with E-state index in [4.69, 9.17) is 10.00 Å². The predicted molar refractivity (Wildman–Crippen MR) is 52.2 cm³/mol. The van der Waals surface area contributed by atoms with Crippen LogP contribution in [0.25, 0.3) is 0 Å². The minimum Gasteiger partial charge on any atom is -0.495 e. The molecule has 0 saturated carbocycles. The second-order valence-corrected chi connectivity index (χ2v) is 2.80. The Balaban J connectivity index is 2.84. The molecule has 0 bridgehead atoms. The number of benzene rings is 1. The highest BCUT2D eigenvalue weighted by molar-refractivity contribution is 5.59. The molecule has 0 saturated heterocycles. The molecular formula is C10H10F2N2O. The third-order valence-electron chi connectivity index (χ3n) is 1.78. The maximum atomic E-state index is 11.9. The summed E-state index contributed by atoms with van der Waals surface area (Å²) in [5.74, 6) is 0.384. The first kappa shape index (κ1) is 11.2. The molecule has 0 aliphatic carbocycles. The lowest BCUT2D eigenvalue weighted by Gasteiger charge is -2.10. The van der Waals surface area contributed by atoms with Crippen molar-refractivity contribution < 1.29 is 13.5 Å². The van der Waals surface area contributed by atoms with E-state index in [2.05, 4.69) is 5.32 Å². The number of nitriles is 1. The first-order chi connectivity index (χ1) is 7.17. The van der Waals surface area contributed by atoms with Gasteiger partial charge in [-0.25, -0.2) is 8.78 Å². The van der Waals surface area contributed by atoms with Gasteiger partial charge in [0.15, 0.2) is 0 Å². The first-order valence-electron chi connectivity index (χ1n) is 4.27. The molecule has 0 fully saturated rings. The van der Waals surface area contributed by atoms with Gasteiger partial charge in [-0.3, -0.25) is 0 Å². The average Bonchev–Trinajstić information content (AvgIpc) is 2.25. The van der Waals surface area contributed by atoms with Gasteiger partial charge in [-0.2, -0.15) is 5.26 Å². The van der Waals surface area contributed by atoms with Crippen LogP contribution >= 0.6 is 0 Å². The number of alkyl halides is 2. The van der Waals surface area contributed by atoms with Crippen LogP contribution in [0.15, 0.2) is 18.2 Å². The third-order valence-corrected chi connectivity index (χ3v) is 1.78. The van der Waals surface area contributed by atoms with Crippen LogP contribution in [0.2, 0.25) is 0 Å². The van der Waals surface area contributed by atoms with Crippen molar-refractivity contribution >= 4 is 5.69 Å². The fraction of sp³-hybridized carbons (Fsp3) is 0.300. The molecule has 0 atom stereocenters. The minimum atomic E-state index is -2.43. The van der Waals surface area contributed by atoms with E-state index in [1.165, 1.54) is 19.2 Å². The first-order valence-corrected chi connectivity index (χ1v) is 4.27. The van der Waals surface area contributed by atoms with Crippen LogP contribution in [0.3, 0.4) is 0 Å². The molecule has 3 nitrogen and oxygen atoms in total. The summed E-state index contributed by atoms with van der Waals surface area (Å²) < 4.78 is 28.9. The Labute approximate surface area is 86.3 Å². The molecule has 1 aromatic carbocycles. The van der Waals surface area contributed by atoms with E-state index < -0.39 is 13.0 Å². The molecule has 0 radical (unpaired) electrons. The van der Waals surface area contributed by atoms with E-state index in [-0.39, 0.29) is 0 Å². The Morgan fingerprint density at radius 1 is 1.53 bits per heavy atom. The van der Waals surface area contributed by atoms with Crippen molar-refractivity contribution in [1.82, 2.24) is 0 Å². The van der Waals surface area contributed by atoms with Gasteiger partial charge in [-0.05, 0) is 12.1 Å². The molecule has 0 aliphatic heterocycles. The van der Waals surface area contributed by atoms with Crippen molar-refractivity contribution in [2.75, 3.05) is 19.0 Å². The van der Waals surface area contributed by atoms with Crippen molar-refractivity contribution in [3.8, 4) is 11.8 Å². The standard InChI is InChI=1S/C10H10F2N2O/c1-15-9-4-7(5-13)2-3-8(9)14-6-10(11)12/h2-4,10,14H,6H2,1H3. The largest absolute Gasteiger partial charge is 0.495 e. The van der Waals surface area contributed by atoms with Crippen molar-refractivity contribution in [3.05, 3.63) is 23.8 Å². The number of nitrogens with zero attached hydrogens (tertiary/aromatic N) is 1. The SMILES string of the molecule is COc1cc(C#N)ccc1NCC(F)F. The summed E-state index contributed by atoms with van der Waals surface area (Å²) in [5.41, 5.74) is 0.881. The van der Waals surface area contributed by atoms with Gasteiger partial charge in [0.1, 0.15) is 5.75 Å². The molecule has 1 N–H and O–H groups in total. The topological polar surface area (TPSA) is 45.0 Å². The van der Waals surface area contributed by atoms with E-state index >= 15 is 0 Å². The Morgan fingerprint density at radius 2 is 2.27 bits per heavy atom. The van der Waals surface area contributed by atoms with Gasteiger partial charge in [0.2, 0.25) is 0 Å². The van der Waals surface area contributed by atoms with Crippen molar-refractivity contribution in [2.24, 2.45) is 0 Å². The van der Waals surface area contributed by atoms with Crippen molar-refractivity contribution in [1.29, 1.82) is 5.26 Å². The van der Waals surface area contributed by atoms with Gasteiger partial charge in [0.05, 0.1) is 31.0 Å². The second kappa shape index (κ2) is 5.15. The summed E-state index contributed by atoms with van der Waals surface area (Å²) in [4.78, 5) is 0. The maximum absolute atomic E-state index is 11.9. The molecule has 1 aromatic rings. The molecule has 80 valence electrons. The van der Waals surface area contributed by atoms with E-state index in [1.807, 2.05) is 6.07 Å². The average molecular weight is 212 g/mol. The van der Waals surface area contributed by atoms with Crippen LogP contribution in [-0.4, -0.2) is 20.1 Å². The quantitative estimate of drug-likeness (QED) is 0.832. The van der Waals surface area contributed by atoms with E-state index in [1.54, 1.807) is 6.07 Å². The molecule has 0 amide bonds. The monoisotopic (exact) mass is 212 g/mol. The van der Waals surface area contributed by atoms with Gasteiger partial charge in [-0.1, -0.05) is 0 Å². The van der Waals surface area contributed by atoms with Crippen LogP contribution in [-0.2, 0) is 0 Å². The Kier molecular flexibility index (Phi) is 3.86. The lowest BCUT2D eigenvalue weighted by molar-refractivity contribution is 0.163. The van der Waals surface area contributed by atoms with Gasteiger partial charge >= 0.3 is 0 Å². The Bertz CT molecular complexity index is 374. The molecule has 0 heterocycles. The molecule has 0 spiro atoms. The van der Waals surface area contributed by atoms with Gasteiger partial charge in [0, 0.05) is 6.07 Å². The summed E-state index contributed by atoms with van der Waals surface area (Å²) in [7, 11) is 1.42. The van der Waals surface area contributed by atoms with Crippen molar-refractivity contribution in [2.45, 2.75) is 6.43 Å². The van der Waals surface area contributed by atoms with Crippen molar-refractivity contribution in [3.63, 3.8) is 0 Å². The summed E-state index contributed by atoms with van der Waals surface area (Å²) in [6.45, 7) is -0.442. The fourth-order valence-corrected chi connectivity index (χ4v) is 1.09. The number of anilines is 1. The van der Waals surface area contributed by atoms with Gasteiger partial charge in [-0.15, -0.1) is 0 Å². The molecule has 15 heavy (non-hydrogen) atoms. The highest BCUT2D eigenvalue weighted by Gasteiger charge is 2.06. The number of hydrogen-bond acceptors (Lipinski definition) is 3. The lowest BCUT2D eigenvalue weighted by Crippen LogP contribution is -2.10. The zero-order valence-corrected chi connectivity index (χ0v) is 8.13. The highest BCUT2D eigenvalue weighted by Crippen LogP contribution is 2.25. The van der Waals surface area contributed by atoms with Gasteiger partial charge in [0.25, 0.3) is 6.43 Å². The second-order valence-electron chi connectivity index (χ2n) is 2.80. The summed E-state index contributed by atoms with van der Waals surface area (Å²) >= 11 is 0. The number of hydrogen-bond donors (Lipinski definition) is 1. The Hall–Kier alpha value is -1.83. The zero-order chi connectivity index (χ0) is 11.3. The van der Waals surface area contributed by atoms with Crippen LogP contribution in [0, 0.1) is 11.3 Å². The predicted octanol–water partition coefficient (Wildman–Crippen LogP) is 2.24. The van der Waals surface area contributed by atoms with E-state index in [9.17, 15) is 8.78 Å². The highest BCUT2D eigenvalue weighted by atomic mass is 19.3. The molecular weight excluding hydrogens is 202 g/mol. The Morgan fingerprint density at radius 3 is 2.80 bits per heavy atom. The number of rotatable bonds is 4. The molecule has 0 aliphatic rings. The molecule has 0 aromatic heterocycles. The zero-order valence-electron chi connectivity index (χ0n) is 8.13. The normalized spacial score (nSPS) is 9.80. The number of nitrogens with one attached hydrogen (secondary N) is 1. The summed E-state index contributed by atoms with van der Waals surface area (Å²) in [5, 5.41) is 11.2. The van der Waals surface area contributed by atoms with Crippen LogP contribution < -0.4 is 10.1 Å². The smallest absolute Gasteiger partial charge is 0.255 e. The molecule has 1 rings (SSSR count).